The van der Waals surface area contributed by atoms with Crippen LogP contribution in [0.15, 0.2) is 36.5 Å². The lowest BCUT2D eigenvalue weighted by Crippen LogP contribution is -2.11. The Kier molecular flexibility index (Phi) is 3.11. The summed E-state index contributed by atoms with van der Waals surface area (Å²) in [6.45, 7) is 7.53. The maximum atomic E-state index is 11.8. The predicted octanol–water partition coefficient (Wildman–Crippen LogP) is 3.24. The SMILES string of the molecule is C=C/C=C(/C)C(=C)C(F)(F)F. The van der Waals surface area contributed by atoms with Gasteiger partial charge in [0.2, 0.25) is 0 Å². The second-order valence-electron chi connectivity index (χ2n) is 2.06. The average Bonchev–Trinajstić information content (AvgIpc) is 1.85. The van der Waals surface area contributed by atoms with Crippen molar-refractivity contribution in [2.24, 2.45) is 0 Å². The van der Waals surface area contributed by atoms with Crippen molar-refractivity contribution in [1.29, 1.82) is 0 Å². The zero-order chi connectivity index (χ0) is 9.07. The van der Waals surface area contributed by atoms with E-state index in [-0.39, 0.29) is 5.57 Å². The molecule has 0 bridgehead atoms. The molecule has 0 rings (SSSR count). The fourth-order valence-electron chi connectivity index (χ4n) is 0.501. The molecule has 0 saturated carbocycles. The van der Waals surface area contributed by atoms with Gasteiger partial charge in [-0.25, -0.2) is 0 Å². The molecule has 0 aliphatic carbocycles. The van der Waals surface area contributed by atoms with Gasteiger partial charge in [-0.15, -0.1) is 0 Å². The number of rotatable bonds is 2. The molecule has 0 aromatic rings. The molecule has 0 radical (unpaired) electrons. The Balaban J connectivity index is 4.51. The molecule has 0 aliphatic rings. The van der Waals surface area contributed by atoms with Crippen molar-refractivity contribution in [2.45, 2.75) is 13.1 Å². The smallest absolute Gasteiger partial charge is 0.166 e. The maximum Gasteiger partial charge on any atom is 0.416 e. The van der Waals surface area contributed by atoms with Crippen molar-refractivity contribution >= 4 is 0 Å². The van der Waals surface area contributed by atoms with E-state index < -0.39 is 11.7 Å². The highest BCUT2D eigenvalue weighted by Gasteiger charge is 2.32. The minimum atomic E-state index is -4.33. The Labute approximate surface area is 63.7 Å². The summed E-state index contributed by atoms with van der Waals surface area (Å²) in [5, 5.41) is 0. The third-order valence-electron chi connectivity index (χ3n) is 1.19. The lowest BCUT2D eigenvalue weighted by atomic mass is 10.1. The molecule has 0 atom stereocenters. The van der Waals surface area contributed by atoms with Crippen LogP contribution in [-0.2, 0) is 0 Å². The van der Waals surface area contributed by atoms with Gasteiger partial charge < -0.3 is 0 Å². The Bertz CT molecular complexity index is 196. The fourth-order valence-corrected chi connectivity index (χ4v) is 0.501. The van der Waals surface area contributed by atoms with Crippen LogP contribution in [0.5, 0.6) is 0 Å². The summed E-state index contributed by atoms with van der Waals surface area (Å²) in [7, 11) is 0. The zero-order valence-electron chi connectivity index (χ0n) is 6.20. The summed E-state index contributed by atoms with van der Waals surface area (Å²) in [5.74, 6) is 0. The van der Waals surface area contributed by atoms with Crippen LogP contribution in [-0.4, -0.2) is 6.18 Å². The summed E-state index contributed by atoms with van der Waals surface area (Å²) in [4.78, 5) is 0. The van der Waals surface area contributed by atoms with Gasteiger partial charge in [-0.05, 0) is 12.5 Å². The van der Waals surface area contributed by atoms with E-state index >= 15 is 0 Å². The zero-order valence-corrected chi connectivity index (χ0v) is 6.20. The van der Waals surface area contributed by atoms with E-state index in [1.807, 2.05) is 0 Å². The van der Waals surface area contributed by atoms with Gasteiger partial charge in [0.05, 0.1) is 5.57 Å². The van der Waals surface area contributed by atoms with E-state index in [1.54, 1.807) is 0 Å². The van der Waals surface area contributed by atoms with Gasteiger partial charge in [0.25, 0.3) is 0 Å². The third-order valence-corrected chi connectivity index (χ3v) is 1.19. The van der Waals surface area contributed by atoms with Crippen LogP contribution in [0.3, 0.4) is 0 Å². The largest absolute Gasteiger partial charge is 0.416 e. The standard InChI is InChI=1S/C8H9F3/c1-4-5-6(2)7(3)8(9,10)11/h4-5H,1,3H2,2H3/b6-5-. The molecule has 0 N–H and O–H groups in total. The van der Waals surface area contributed by atoms with Crippen molar-refractivity contribution < 1.29 is 13.2 Å². The van der Waals surface area contributed by atoms with Gasteiger partial charge in [0, 0.05) is 0 Å². The molecular weight excluding hydrogens is 153 g/mol. The van der Waals surface area contributed by atoms with Crippen LogP contribution in [0.4, 0.5) is 13.2 Å². The minimum Gasteiger partial charge on any atom is -0.166 e. The third kappa shape index (κ3) is 3.07. The van der Waals surface area contributed by atoms with Crippen LogP contribution in [0, 0.1) is 0 Å². The lowest BCUT2D eigenvalue weighted by molar-refractivity contribution is -0.0889. The summed E-state index contributed by atoms with van der Waals surface area (Å²) in [6, 6.07) is 0. The summed E-state index contributed by atoms with van der Waals surface area (Å²) in [5.41, 5.74) is -0.732. The molecule has 0 aliphatic heterocycles. The second kappa shape index (κ2) is 3.42. The Morgan fingerprint density at radius 2 is 1.82 bits per heavy atom. The molecule has 3 heteroatoms. The molecule has 0 aromatic heterocycles. The van der Waals surface area contributed by atoms with Gasteiger partial charge in [0.1, 0.15) is 0 Å². The number of allylic oxidation sites excluding steroid dienone is 4. The van der Waals surface area contributed by atoms with Crippen LogP contribution >= 0.6 is 0 Å². The molecular formula is C8H9F3. The Hall–Kier alpha value is -0.990. The molecule has 0 saturated heterocycles. The molecule has 0 heterocycles. The van der Waals surface area contributed by atoms with Gasteiger partial charge in [-0.3, -0.25) is 0 Å². The molecule has 0 fully saturated rings. The van der Waals surface area contributed by atoms with Crippen LogP contribution in [0.25, 0.3) is 0 Å². The molecule has 0 unspecified atom stereocenters. The summed E-state index contributed by atoms with van der Waals surface area (Å²) in [6.07, 6.45) is -1.76. The lowest BCUT2D eigenvalue weighted by Gasteiger charge is -2.08. The fraction of sp³-hybridized carbons (Fsp3) is 0.250. The van der Waals surface area contributed by atoms with Gasteiger partial charge >= 0.3 is 6.18 Å². The second-order valence-corrected chi connectivity index (χ2v) is 2.06. The quantitative estimate of drug-likeness (QED) is 0.547. The first-order chi connectivity index (χ1) is 4.89. The van der Waals surface area contributed by atoms with E-state index in [0.29, 0.717) is 0 Å². The highest BCUT2D eigenvalue weighted by molar-refractivity contribution is 5.32. The van der Waals surface area contributed by atoms with E-state index in [4.69, 9.17) is 0 Å². The predicted molar refractivity (Wildman–Crippen MR) is 39.1 cm³/mol. The topological polar surface area (TPSA) is 0 Å². The number of alkyl halides is 3. The first-order valence-corrected chi connectivity index (χ1v) is 2.95. The van der Waals surface area contributed by atoms with Crippen molar-refractivity contribution in [1.82, 2.24) is 0 Å². The van der Waals surface area contributed by atoms with E-state index in [2.05, 4.69) is 13.2 Å². The van der Waals surface area contributed by atoms with Gasteiger partial charge in [-0.2, -0.15) is 13.2 Å². The molecule has 0 aromatic carbocycles. The van der Waals surface area contributed by atoms with Crippen molar-refractivity contribution in [3.63, 3.8) is 0 Å². The monoisotopic (exact) mass is 162 g/mol. The van der Waals surface area contributed by atoms with Crippen molar-refractivity contribution in [2.75, 3.05) is 0 Å². The molecule has 0 nitrogen and oxygen atoms in total. The molecule has 0 amide bonds. The van der Waals surface area contributed by atoms with E-state index in [1.165, 1.54) is 19.1 Å². The van der Waals surface area contributed by atoms with Crippen LogP contribution in [0.1, 0.15) is 6.92 Å². The number of hydrogen-bond acceptors (Lipinski definition) is 0. The normalized spacial score (nSPS) is 12.9. The van der Waals surface area contributed by atoms with Gasteiger partial charge in [0.15, 0.2) is 0 Å². The summed E-state index contributed by atoms with van der Waals surface area (Å²) >= 11 is 0. The van der Waals surface area contributed by atoms with Gasteiger partial charge in [-0.1, -0.05) is 25.3 Å². The minimum absolute atomic E-state index is 0.0903. The van der Waals surface area contributed by atoms with E-state index in [9.17, 15) is 13.2 Å². The van der Waals surface area contributed by atoms with Crippen molar-refractivity contribution in [3.05, 3.63) is 36.5 Å². The highest BCUT2D eigenvalue weighted by Crippen LogP contribution is 2.29. The van der Waals surface area contributed by atoms with Crippen molar-refractivity contribution in [3.8, 4) is 0 Å². The first kappa shape index (κ1) is 10.0. The maximum absolute atomic E-state index is 11.8. The average molecular weight is 162 g/mol. The Morgan fingerprint density at radius 1 is 1.36 bits per heavy atom. The molecule has 11 heavy (non-hydrogen) atoms. The summed E-state index contributed by atoms with van der Waals surface area (Å²) < 4.78 is 35.5. The molecule has 62 valence electrons. The highest BCUT2D eigenvalue weighted by atomic mass is 19.4. The van der Waals surface area contributed by atoms with Crippen LogP contribution < -0.4 is 0 Å². The van der Waals surface area contributed by atoms with E-state index in [0.717, 1.165) is 0 Å². The van der Waals surface area contributed by atoms with Crippen LogP contribution in [0.2, 0.25) is 0 Å². The number of hydrogen-bond donors (Lipinski definition) is 0. The first-order valence-electron chi connectivity index (χ1n) is 2.95. The Morgan fingerprint density at radius 3 is 2.09 bits per heavy atom. The number of halogens is 3. The molecule has 0 spiro atoms.